The Hall–Kier alpha value is -0.930. The molecule has 0 bridgehead atoms. The molecule has 1 fully saturated rings. The highest BCUT2D eigenvalue weighted by atomic mass is 19.3. The molecule has 0 spiro atoms. The van der Waals surface area contributed by atoms with Gasteiger partial charge in [0.2, 0.25) is 0 Å². The van der Waals surface area contributed by atoms with E-state index in [4.69, 9.17) is 0 Å². The molecule has 0 amide bonds. The average molecular weight is 146 g/mol. The van der Waals surface area contributed by atoms with Crippen LogP contribution in [0.1, 0.15) is 19.3 Å². The number of carbonyl (C=O) groups is 2. The monoisotopic (exact) mass is 146 g/mol. The van der Waals surface area contributed by atoms with Crippen LogP contribution in [0.4, 0.5) is 4.53 Å². The van der Waals surface area contributed by atoms with E-state index in [0.717, 1.165) is 0 Å². The summed E-state index contributed by atoms with van der Waals surface area (Å²) < 4.78 is 11.2. The standard InChI is InChI=1S/C6H7FO3/c7-10-6(9)4-2-1-3-5(4)8/h4H,1-3H2. The van der Waals surface area contributed by atoms with Crippen LogP contribution in [0, 0.1) is 5.92 Å². The van der Waals surface area contributed by atoms with Crippen molar-refractivity contribution in [3.05, 3.63) is 0 Å². The second kappa shape index (κ2) is 2.77. The second-order valence-corrected chi connectivity index (χ2v) is 2.31. The molecule has 4 heteroatoms. The number of ketones is 1. The van der Waals surface area contributed by atoms with Crippen LogP contribution < -0.4 is 0 Å². The van der Waals surface area contributed by atoms with Crippen LogP contribution >= 0.6 is 0 Å². The molecule has 1 saturated carbocycles. The molecule has 0 aromatic rings. The zero-order valence-electron chi connectivity index (χ0n) is 5.30. The Morgan fingerprint density at radius 1 is 1.70 bits per heavy atom. The molecule has 0 heterocycles. The van der Waals surface area contributed by atoms with Crippen molar-refractivity contribution in [3.63, 3.8) is 0 Å². The van der Waals surface area contributed by atoms with Crippen molar-refractivity contribution < 1.29 is 19.1 Å². The van der Waals surface area contributed by atoms with Crippen LogP contribution in [0.5, 0.6) is 0 Å². The van der Waals surface area contributed by atoms with Crippen molar-refractivity contribution in [1.82, 2.24) is 0 Å². The maximum atomic E-state index is 11.2. The molecular formula is C6H7FO3. The number of halogens is 1. The molecule has 0 radical (unpaired) electrons. The van der Waals surface area contributed by atoms with Gasteiger partial charge in [-0.15, -0.1) is 0 Å². The van der Waals surface area contributed by atoms with Crippen LogP contribution in [0.15, 0.2) is 0 Å². The van der Waals surface area contributed by atoms with E-state index in [1.807, 2.05) is 0 Å². The Bertz CT molecular complexity index is 166. The summed E-state index contributed by atoms with van der Waals surface area (Å²) in [5.41, 5.74) is 0. The smallest absolute Gasteiger partial charge is 0.299 e. The van der Waals surface area contributed by atoms with Gasteiger partial charge in [-0.3, -0.25) is 9.74 Å². The molecule has 3 nitrogen and oxygen atoms in total. The Balaban J connectivity index is 2.55. The average Bonchev–Trinajstić information content (AvgIpc) is 2.34. The molecule has 0 aromatic carbocycles. The first-order chi connectivity index (χ1) is 4.75. The third kappa shape index (κ3) is 1.15. The van der Waals surface area contributed by atoms with Gasteiger partial charge < -0.3 is 0 Å². The first-order valence-corrected chi connectivity index (χ1v) is 3.11. The number of carbonyl (C=O) groups excluding carboxylic acids is 2. The van der Waals surface area contributed by atoms with E-state index in [2.05, 4.69) is 4.94 Å². The Labute approximate surface area is 57.1 Å². The fraction of sp³-hybridized carbons (Fsp3) is 0.667. The summed E-state index contributed by atoms with van der Waals surface area (Å²) in [7, 11) is 0. The summed E-state index contributed by atoms with van der Waals surface area (Å²) >= 11 is 0. The van der Waals surface area contributed by atoms with Crippen molar-refractivity contribution >= 4 is 11.8 Å². The van der Waals surface area contributed by atoms with Crippen LogP contribution in [0.2, 0.25) is 0 Å². The van der Waals surface area contributed by atoms with E-state index in [0.29, 0.717) is 19.3 Å². The summed E-state index contributed by atoms with van der Waals surface area (Å²) in [6, 6.07) is 0. The molecule has 1 rings (SSSR count). The largest absolute Gasteiger partial charge is 0.359 e. The minimum Gasteiger partial charge on any atom is -0.299 e. The third-order valence-electron chi connectivity index (χ3n) is 1.67. The van der Waals surface area contributed by atoms with Gasteiger partial charge >= 0.3 is 5.97 Å². The van der Waals surface area contributed by atoms with Gasteiger partial charge in [-0.2, -0.15) is 0 Å². The van der Waals surface area contributed by atoms with Gasteiger partial charge in [-0.05, 0) is 12.8 Å². The van der Waals surface area contributed by atoms with Gasteiger partial charge in [0.05, 0.1) is 0 Å². The lowest BCUT2D eigenvalue weighted by molar-refractivity contribution is -0.188. The number of rotatable bonds is 1. The molecule has 1 unspecified atom stereocenters. The molecule has 0 N–H and O–H groups in total. The molecule has 0 saturated heterocycles. The van der Waals surface area contributed by atoms with Gasteiger partial charge in [-0.1, -0.05) is 0 Å². The highest BCUT2D eigenvalue weighted by molar-refractivity contribution is 6.00. The number of hydrogen-bond acceptors (Lipinski definition) is 3. The van der Waals surface area contributed by atoms with Crippen molar-refractivity contribution in [3.8, 4) is 0 Å². The summed E-state index contributed by atoms with van der Waals surface area (Å²) in [5.74, 6) is -2.07. The van der Waals surface area contributed by atoms with E-state index in [9.17, 15) is 14.1 Å². The van der Waals surface area contributed by atoms with E-state index in [1.165, 1.54) is 0 Å². The second-order valence-electron chi connectivity index (χ2n) is 2.31. The maximum Gasteiger partial charge on any atom is 0.359 e. The summed E-state index contributed by atoms with van der Waals surface area (Å²) in [4.78, 5) is 24.1. The molecule has 10 heavy (non-hydrogen) atoms. The maximum absolute atomic E-state index is 11.2. The summed E-state index contributed by atoms with van der Waals surface area (Å²) in [6.45, 7) is 0. The first-order valence-electron chi connectivity index (χ1n) is 3.11. The molecule has 56 valence electrons. The van der Waals surface area contributed by atoms with Gasteiger partial charge in [0.25, 0.3) is 0 Å². The Kier molecular flexibility index (Phi) is 1.99. The molecule has 1 aliphatic carbocycles. The molecule has 0 aromatic heterocycles. The van der Waals surface area contributed by atoms with E-state index in [1.54, 1.807) is 0 Å². The quantitative estimate of drug-likeness (QED) is 0.513. The fourth-order valence-electron chi connectivity index (χ4n) is 1.12. The third-order valence-corrected chi connectivity index (χ3v) is 1.67. The minimum absolute atomic E-state index is 0.206. The van der Waals surface area contributed by atoms with Gasteiger partial charge in [-0.25, -0.2) is 4.79 Å². The van der Waals surface area contributed by atoms with E-state index in [-0.39, 0.29) is 5.78 Å². The zero-order valence-corrected chi connectivity index (χ0v) is 5.30. The highest BCUT2D eigenvalue weighted by Gasteiger charge is 2.32. The van der Waals surface area contributed by atoms with Crippen molar-refractivity contribution in [2.45, 2.75) is 19.3 Å². The highest BCUT2D eigenvalue weighted by Crippen LogP contribution is 2.22. The Morgan fingerprint density at radius 2 is 2.40 bits per heavy atom. The summed E-state index contributed by atoms with van der Waals surface area (Å²) in [5, 5.41) is 0. The first kappa shape index (κ1) is 7.18. The van der Waals surface area contributed by atoms with Crippen LogP contribution in [0.3, 0.4) is 0 Å². The van der Waals surface area contributed by atoms with Gasteiger partial charge in [0.15, 0.2) is 0 Å². The number of Topliss-reactive ketones (excluding diaryl/α,β-unsaturated/α-hetero) is 1. The lowest BCUT2D eigenvalue weighted by Gasteiger charge is -1.98. The predicted molar refractivity (Wildman–Crippen MR) is 29.5 cm³/mol. The van der Waals surface area contributed by atoms with Crippen molar-refractivity contribution in [1.29, 1.82) is 0 Å². The fourth-order valence-corrected chi connectivity index (χ4v) is 1.12. The normalized spacial score (nSPS) is 24.9. The van der Waals surface area contributed by atoms with Gasteiger partial charge in [0.1, 0.15) is 11.7 Å². The van der Waals surface area contributed by atoms with Crippen molar-refractivity contribution in [2.75, 3.05) is 0 Å². The predicted octanol–water partition coefficient (Wildman–Crippen LogP) is 0.783. The zero-order chi connectivity index (χ0) is 7.56. The lowest BCUT2D eigenvalue weighted by atomic mass is 10.1. The molecule has 0 aliphatic heterocycles. The molecule has 1 atom stereocenters. The van der Waals surface area contributed by atoms with E-state index >= 15 is 0 Å². The van der Waals surface area contributed by atoms with Gasteiger partial charge in [0, 0.05) is 10.9 Å². The SMILES string of the molecule is O=C1CCCC1C(=O)OF. The van der Waals surface area contributed by atoms with E-state index < -0.39 is 11.9 Å². The number of hydrogen-bond donors (Lipinski definition) is 0. The van der Waals surface area contributed by atoms with Crippen LogP contribution in [-0.2, 0) is 14.5 Å². The minimum atomic E-state index is -1.04. The lowest BCUT2D eigenvalue weighted by Crippen LogP contribution is -2.18. The van der Waals surface area contributed by atoms with Crippen LogP contribution in [-0.4, -0.2) is 11.8 Å². The van der Waals surface area contributed by atoms with Crippen molar-refractivity contribution in [2.24, 2.45) is 5.92 Å². The molecule has 1 aliphatic rings. The Morgan fingerprint density at radius 3 is 2.80 bits per heavy atom. The topological polar surface area (TPSA) is 43.4 Å². The molecular weight excluding hydrogens is 139 g/mol. The summed E-state index contributed by atoms with van der Waals surface area (Å²) in [6.07, 6.45) is 1.47. The van der Waals surface area contributed by atoms with Crippen LogP contribution in [0.25, 0.3) is 0 Å².